The van der Waals surface area contributed by atoms with Gasteiger partial charge in [-0.1, -0.05) is 24.6 Å². The van der Waals surface area contributed by atoms with Crippen molar-refractivity contribution in [1.29, 1.82) is 0 Å². The lowest BCUT2D eigenvalue weighted by Crippen LogP contribution is -2.43. The van der Waals surface area contributed by atoms with Crippen molar-refractivity contribution in [3.63, 3.8) is 0 Å². The van der Waals surface area contributed by atoms with Gasteiger partial charge >= 0.3 is 0 Å². The minimum Gasteiger partial charge on any atom is -0.453 e. The van der Waals surface area contributed by atoms with Gasteiger partial charge in [0.15, 0.2) is 5.75 Å². The summed E-state index contributed by atoms with van der Waals surface area (Å²) in [5.74, 6) is 2.73. The molecule has 4 heteroatoms. The van der Waals surface area contributed by atoms with Gasteiger partial charge in [0.05, 0.1) is 0 Å². The molecule has 3 fully saturated rings. The Bertz CT molecular complexity index is 933. The number of benzene rings is 1. The van der Waals surface area contributed by atoms with Crippen LogP contribution in [-0.4, -0.2) is 14.6 Å². The Morgan fingerprint density at radius 3 is 2.31 bits per heavy atom. The highest BCUT2D eigenvalue weighted by atomic mass is 16.5. The average molecular weight is 347 g/mol. The number of hydrogen-bond acceptors (Lipinski definition) is 3. The number of aryl methyl sites for hydroxylation is 1. The minimum absolute atomic E-state index is 0.194. The molecule has 0 saturated heterocycles. The zero-order valence-electron chi connectivity index (χ0n) is 15.5. The van der Waals surface area contributed by atoms with E-state index < -0.39 is 0 Å². The Morgan fingerprint density at radius 1 is 0.923 bits per heavy atom. The van der Waals surface area contributed by atoms with Gasteiger partial charge < -0.3 is 4.74 Å². The van der Waals surface area contributed by atoms with E-state index in [1.165, 1.54) is 44.1 Å². The molecule has 3 aliphatic rings. The zero-order valence-corrected chi connectivity index (χ0v) is 15.5. The number of ether oxygens (including phenoxy) is 1. The summed E-state index contributed by atoms with van der Waals surface area (Å²) in [6.45, 7) is 4.53. The van der Waals surface area contributed by atoms with Crippen LogP contribution in [0.4, 0.5) is 0 Å². The summed E-state index contributed by atoms with van der Waals surface area (Å²) < 4.78 is 8.28. The Balaban J connectivity index is 1.53. The maximum atomic E-state index is 6.12. The van der Waals surface area contributed by atoms with Crippen LogP contribution in [0.15, 0.2) is 42.6 Å². The van der Waals surface area contributed by atoms with Crippen molar-refractivity contribution in [2.24, 2.45) is 5.41 Å². The van der Waals surface area contributed by atoms with Crippen molar-refractivity contribution < 1.29 is 4.74 Å². The predicted octanol–water partition coefficient (Wildman–Crippen LogP) is 5.44. The first-order chi connectivity index (χ1) is 12.6. The van der Waals surface area contributed by atoms with Crippen molar-refractivity contribution in [1.82, 2.24) is 14.6 Å². The lowest BCUT2D eigenvalue weighted by Gasteiger charge is -2.51. The predicted molar refractivity (Wildman–Crippen MR) is 102 cm³/mol. The van der Waals surface area contributed by atoms with Crippen LogP contribution in [0.2, 0.25) is 0 Å². The average Bonchev–Trinajstić information content (AvgIpc) is 3.11. The van der Waals surface area contributed by atoms with Gasteiger partial charge in [-0.05, 0) is 75.1 Å². The Hall–Kier alpha value is -2.36. The molecule has 26 heavy (non-hydrogen) atoms. The summed E-state index contributed by atoms with van der Waals surface area (Å²) >= 11 is 0. The SMILES string of the molecule is Cc1ccc(Oc2cccn3c(C45CCC(C)(CC4)CC5)nnc23)cc1. The first kappa shape index (κ1) is 15.9. The van der Waals surface area contributed by atoms with Gasteiger partial charge in [-0.15, -0.1) is 10.2 Å². The monoisotopic (exact) mass is 347 g/mol. The van der Waals surface area contributed by atoms with Crippen LogP contribution in [0.3, 0.4) is 0 Å². The molecule has 0 spiro atoms. The van der Waals surface area contributed by atoms with Gasteiger partial charge in [0.2, 0.25) is 5.65 Å². The minimum atomic E-state index is 0.194. The smallest absolute Gasteiger partial charge is 0.203 e. The van der Waals surface area contributed by atoms with E-state index in [0.29, 0.717) is 5.41 Å². The molecule has 2 aromatic heterocycles. The molecule has 3 saturated carbocycles. The van der Waals surface area contributed by atoms with E-state index in [2.05, 4.69) is 46.8 Å². The molecule has 0 atom stereocenters. The fourth-order valence-corrected chi connectivity index (χ4v) is 4.77. The van der Waals surface area contributed by atoms with Crippen molar-refractivity contribution in [2.75, 3.05) is 0 Å². The largest absolute Gasteiger partial charge is 0.453 e. The van der Waals surface area contributed by atoms with Gasteiger partial charge in [0.1, 0.15) is 11.6 Å². The highest BCUT2D eigenvalue weighted by Crippen LogP contribution is 2.57. The summed E-state index contributed by atoms with van der Waals surface area (Å²) in [6, 6.07) is 12.1. The number of pyridine rings is 1. The Morgan fingerprint density at radius 2 is 1.62 bits per heavy atom. The Labute approximate surface area is 154 Å². The van der Waals surface area contributed by atoms with Crippen LogP contribution in [-0.2, 0) is 5.41 Å². The summed E-state index contributed by atoms with van der Waals surface area (Å²) in [6.07, 6.45) is 9.70. The number of aromatic nitrogens is 3. The zero-order chi connectivity index (χ0) is 17.8. The van der Waals surface area contributed by atoms with Crippen molar-refractivity contribution in [3.05, 3.63) is 54.0 Å². The molecule has 134 valence electrons. The maximum absolute atomic E-state index is 6.12. The third-order valence-electron chi connectivity index (χ3n) is 6.74. The number of fused-ring (bicyclic) bond motifs is 4. The normalized spacial score (nSPS) is 27.8. The molecule has 2 bridgehead atoms. The highest BCUT2D eigenvalue weighted by molar-refractivity contribution is 5.55. The van der Waals surface area contributed by atoms with Crippen molar-refractivity contribution >= 4 is 5.65 Å². The molecule has 1 aromatic carbocycles. The first-order valence-electron chi connectivity index (χ1n) is 9.66. The lowest BCUT2D eigenvalue weighted by atomic mass is 9.54. The summed E-state index contributed by atoms with van der Waals surface area (Å²) in [7, 11) is 0. The maximum Gasteiger partial charge on any atom is 0.203 e. The lowest BCUT2D eigenvalue weighted by molar-refractivity contribution is 0.0501. The van der Waals surface area contributed by atoms with E-state index in [0.717, 1.165) is 23.0 Å². The van der Waals surface area contributed by atoms with Gasteiger partial charge in [-0.2, -0.15) is 0 Å². The van der Waals surface area contributed by atoms with E-state index in [1.807, 2.05) is 24.3 Å². The van der Waals surface area contributed by atoms with E-state index in [-0.39, 0.29) is 5.41 Å². The van der Waals surface area contributed by atoms with Crippen LogP contribution >= 0.6 is 0 Å². The summed E-state index contributed by atoms with van der Waals surface area (Å²) in [5.41, 5.74) is 2.79. The Kier molecular flexibility index (Phi) is 3.40. The quantitative estimate of drug-likeness (QED) is 0.633. The van der Waals surface area contributed by atoms with Gasteiger partial charge in [-0.25, -0.2) is 0 Å². The molecule has 3 aliphatic carbocycles. The fourth-order valence-electron chi connectivity index (χ4n) is 4.77. The van der Waals surface area contributed by atoms with E-state index in [4.69, 9.17) is 4.74 Å². The van der Waals surface area contributed by atoms with Crippen LogP contribution in [0.25, 0.3) is 5.65 Å². The summed E-state index contributed by atoms with van der Waals surface area (Å²) in [4.78, 5) is 0. The molecule has 0 radical (unpaired) electrons. The van der Waals surface area contributed by atoms with Crippen LogP contribution in [0.5, 0.6) is 11.5 Å². The molecular weight excluding hydrogens is 322 g/mol. The third kappa shape index (κ3) is 2.43. The standard InChI is InChI=1S/C22H25N3O/c1-16-5-7-17(8-6-16)26-18-4-3-15-25-19(18)23-24-20(25)22-12-9-21(2,10-13-22)11-14-22/h3-8,15H,9-14H2,1-2H3. The molecule has 0 unspecified atom stereocenters. The fraction of sp³-hybridized carbons (Fsp3) is 0.455. The molecule has 0 N–H and O–H groups in total. The second kappa shape index (κ2) is 5.57. The second-order valence-electron chi connectivity index (χ2n) is 8.60. The van der Waals surface area contributed by atoms with Gasteiger partial charge in [0.25, 0.3) is 0 Å². The molecule has 0 aliphatic heterocycles. The molecule has 6 rings (SSSR count). The highest BCUT2D eigenvalue weighted by Gasteiger charge is 2.49. The number of hydrogen-bond donors (Lipinski definition) is 0. The first-order valence-corrected chi connectivity index (χ1v) is 9.66. The summed E-state index contributed by atoms with van der Waals surface area (Å²) in [5, 5.41) is 9.18. The van der Waals surface area contributed by atoms with Crippen LogP contribution in [0.1, 0.15) is 56.8 Å². The number of rotatable bonds is 3. The molecule has 0 amide bonds. The van der Waals surface area contributed by atoms with E-state index >= 15 is 0 Å². The molecular formula is C22H25N3O. The van der Waals surface area contributed by atoms with Crippen LogP contribution in [0, 0.1) is 12.3 Å². The van der Waals surface area contributed by atoms with E-state index in [1.54, 1.807) is 0 Å². The molecule has 3 aromatic rings. The molecule has 4 nitrogen and oxygen atoms in total. The number of nitrogens with zero attached hydrogens (tertiary/aromatic N) is 3. The van der Waals surface area contributed by atoms with E-state index in [9.17, 15) is 0 Å². The topological polar surface area (TPSA) is 39.4 Å². The van der Waals surface area contributed by atoms with Crippen LogP contribution < -0.4 is 4.74 Å². The third-order valence-corrected chi connectivity index (χ3v) is 6.74. The molecule has 2 heterocycles. The van der Waals surface area contributed by atoms with Crippen molar-refractivity contribution in [3.8, 4) is 11.5 Å². The van der Waals surface area contributed by atoms with Crippen molar-refractivity contribution in [2.45, 2.75) is 57.8 Å². The van der Waals surface area contributed by atoms with Gasteiger partial charge in [-0.3, -0.25) is 4.40 Å². The van der Waals surface area contributed by atoms with Gasteiger partial charge in [0, 0.05) is 11.6 Å². The second-order valence-corrected chi connectivity index (χ2v) is 8.60.